The number of hydrogen-bond acceptors (Lipinski definition) is 1. The first-order chi connectivity index (χ1) is 4.56. The highest BCUT2D eigenvalue weighted by molar-refractivity contribution is 4.64. The Kier molecular flexibility index (Phi) is 4.11. The van der Waals surface area contributed by atoms with Crippen molar-refractivity contribution in [3.8, 4) is 0 Å². The van der Waals surface area contributed by atoms with Crippen LogP contribution in [0.15, 0.2) is 12.7 Å². The zero-order valence-corrected chi connectivity index (χ0v) is 5.45. The van der Waals surface area contributed by atoms with E-state index in [-0.39, 0.29) is 6.61 Å². The molecule has 1 nitrogen and oxygen atoms in total. The highest BCUT2D eigenvalue weighted by Crippen LogP contribution is 2.14. The first-order valence-electron chi connectivity index (χ1n) is 2.81. The fourth-order valence-electron chi connectivity index (χ4n) is 0.355. The second-order valence-electron chi connectivity index (χ2n) is 1.75. The molecule has 0 aromatic rings. The monoisotopic (exact) mass is 154 g/mol. The predicted octanol–water partition coefficient (Wildman–Crippen LogP) is 2.14. The van der Waals surface area contributed by atoms with Gasteiger partial charge in [0, 0.05) is 0 Å². The molecule has 0 atom stereocenters. The first kappa shape index (κ1) is 9.49. The van der Waals surface area contributed by atoms with Gasteiger partial charge in [0.1, 0.15) is 6.61 Å². The summed E-state index contributed by atoms with van der Waals surface area (Å²) < 4.78 is 38.2. The minimum Gasteiger partial charge on any atom is -0.372 e. The van der Waals surface area contributed by atoms with Gasteiger partial charge >= 0.3 is 6.18 Å². The third-order valence-electron chi connectivity index (χ3n) is 0.732. The Balaban J connectivity index is 3.12. The Bertz CT molecular complexity index is 97.7. The van der Waals surface area contributed by atoms with E-state index in [2.05, 4.69) is 11.3 Å². The fourth-order valence-corrected chi connectivity index (χ4v) is 0.355. The molecule has 0 aliphatic rings. The molecule has 0 amide bonds. The maximum Gasteiger partial charge on any atom is 0.411 e. The SMILES string of the molecule is C=CCCOCC(F)(F)F. The van der Waals surface area contributed by atoms with Gasteiger partial charge in [0.25, 0.3) is 0 Å². The summed E-state index contributed by atoms with van der Waals surface area (Å²) in [6.07, 6.45) is -2.24. The number of halogens is 3. The van der Waals surface area contributed by atoms with Crippen molar-refractivity contribution in [3.63, 3.8) is 0 Å². The molecule has 60 valence electrons. The molecule has 0 saturated heterocycles. The smallest absolute Gasteiger partial charge is 0.372 e. The molecule has 0 unspecified atom stereocenters. The summed E-state index contributed by atoms with van der Waals surface area (Å²) in [5.74, 6) is 0. The number of alkyl halides is 3. The minimum absolute atomic E-state index is 0.0863. The minimum atomic E-state index is -4.21. The highest BCUT2D eigenvalue weighted by atomic mass is 19.4. The topological polar surface area (TPSA) is 9.23 Å². The Morgan fingerprint density at radius 3 is 2.40 bits per heavy atom. The summed E-state index contributed by atoms with van der Waals surface area (Å²) in [4.78, 5) is 0. The average molecular weight is 154 g/mol. The zero-order valence-electron chi connectivity index (χ0n) is 5.45. The normalized spacial score (nSPS) is 11.5. The second kappa shape index (κ2) is 4.33. The predicted molar refractivity (Wildman–Crippen MR) is 31.7 cm³/mol. The molecule has 0 spiro atoms. The molecule has 4 heteroatoms. The summed E-state index contributed by atoms with van der Waals surface area (Å²) in [7, 11) is 0. The third kappa shape index (κ3) is 7.49. The van der Waals surface area contributed by atoms with Crippen molar-refractivity contribution in [2.45, 2.75) is 12.6 Å². The lowest BCUT2D eigenvalue weighted by molar-refractivity contribution is -0.173. The van der Waals surface area contributed by atoms with Crippen LogP contribution in [0.4, 0.5) is 13.2 Å². The molecule has 0 aromatic heterocycles. The Morgan fingerprint density at radius 1 is 1.40 bits per heavy atom. The van der Waals surface area contributed by atoms with Crippen molar-refractivity contribution >= 4 is 0 Å². The van der Waals surface area contributed by atoms with E-state index in [4.69, 9.17) is 0 Å². The lowest BCUT2D eigenvalue weighted by Crippen LogP contribution is -2.17. The molecule has 0 aliphatic heterocycles. The van der Waals surface area contributed by atoms with Crippen LogP contribution in [-0.4, -0.2) is 19.4 Å². The molecular weight excluding hydrogens is 145 g/mol. The van der Waals surface area contributed by atoms with Gasteiger partial charge in [-0.15, -0.1) is 6.58 Å². The van der Waals surface area contributed by atoms with Crippen molar-refractivity contribution in [3.05, 3.63) is 12.7 Å². The summed E-state index contributed by atoms with van der Waals surface area (Å²) in [6, 6.07) is 0. The van der Waals surface area contributed by atoms with Gasteiger partial charge in [-0.2, -0.15) is 13.2 Å². The quantitative estimate of drug-likeness (QED) is 0.445. The maximum atomic E-state index is 11.3. The van der Waals surface area contributed by atoms with Gasteiger partial charge in [-0.25, -0.2) is 0 Å². The van der Waals surface area contributed by atoms with E-state index < -0.39 is 12.8 Å². The highest BCUT2D eigenvalue weighted by Gasteiger charge is 2.26. The van der Waals surface area contributed by atoms with E-state index in [9.17, 15) is 13.2 Å². The van der Waals surface area contributed by atoms with Crippen LogP contribution in [0.5, 0.6) is 0 Å². The number of ether oxygens (including phenoxy) is 1. The van der Waals surface area contributed by atoms with Crippen LogP contribution < -0.4 is 0 Å². The second-order valence-corrected chi connectivity index (χ2v) is 1.75. The van der Waals surface area contributed by atoms with Gasteiger partial charge in [-0.05, 0) is 6.42 Å². The molecule has 0 bridgehead atoms. The molecule has 0 aromatic carbocycles. The Morgan fingerprint density at radius 2 is 2.00 bits per heavy atom. The molecule has 0 aliphatic carbocycles. The first-order valence-corrected chi connectivity index (χ1v) is 2.81. The van der Waals surface area contributed by atoms with E-state index in [1.54, 1.807) is 0 Å². The van der Waals surface area contributed by atoms with E-state index in [1.165, 1.54) is 6.08 Å². The van der Waals surface area contributed by atoms with Crippen LogP contribution in [0.2, 0.25) is 0 Å². The standard InChI is InChI=1S/C6H9F3O/c1-2-3-4-10-5-6(7,8)9/h2H,1,3-5H2. The average Bonchev–Trinajstić information content (AvgIpc) is 1.78. The van der Waals surface area contributed by atoms with Crippen LogP contribution in [-0.2, 0) is 4.74 Å². The molecule has 0 N–H and O–H groups in total. The Labute approximate surface area is 57.5 Å². The van der Waals surface area contributed by atoms with E-state index in [1.807, 2.05) is 0 Å². The summed E-state index contributed by atoms with van der Waals surface area (Å²) >= 11 is 0. The van der Waals surface area contributed by atoms with Gasteiger partial charge in [-0.3, -0.25) is 0 Å². The van der Waals surface area contributed by atoms with Crippen LogP contribution in [0.1, 0.15) is 6.42 Å². The van der Waals surface area contributed by atoms with Crippen molar-refractivity contribution < 1.29 is 17.9 Å². The van der Waals surface area contributed by atoms with Gasteiger partial charge in [0.2, 0.25) is 0 Å². The maximum absolute atomic E-state index is 11.3. The molecule has 10 heavy (non-hydrogen) atoms. The number of hydrogen-bond donors (Lipinski definition) is 0. The lowest BCUT2D eigenvalue weighted by Gasteiger charge is -2.05. The van der Waals surface area contributed by atoms with Gasteiger partial charge < -0.3 is 4.74 Å². The molecule has 0 fully saturated rings. The zero-order chi connectivity index (χ0) is 8.04. The van der Waals surface area contributed by atoms with Crippen molar-refractivity contribution in [2.24, 2.45) is 0 Å². The van der Waals surface area contributed by atoms with Gasteiger partial charge in [0.15, 0.2) is 0 Å². The van der Waals surface area contributed by atoms with Crippen LogP contribution in [0.3, 0.4) is 0 Å². The van der Waals surface area contributed by atoms with Crippen LogP contribution >= 0.6 is 0 Å². The van der Waals surface area contributed by atoms with Crippen molar-refractivity contribution in [2.75, 3.05) is 13.2 Å². The van der Waals surface area contributed by atoms with Crippen LogP contribution in [0.25, 0.3) is 0 Å². The Hall–Kier alpha value is -0.510. The largest absolute Gasteiger partial charge is 0.411 e. The van der Waals surface area contributed by atoms with Crippen LogP contribution in [0, 0.1) is 0 Å². The molecule has 0 heterocycles. The van der Waals surface area contributed by atoms with Crippen molar-refractivity contribution in [1.29, 1.82) is 0 Å². The van der Waals surface area contributed by atoms with E-state index in [0.29, 0.717) is 6.42 Å². The molecule has 0 rings (SSSR count). The summed E-state index contributed by atoms with van der Waals surface area (Å²) in [6.45, 7) is 2.25. The van der Waals surface area contributed by atoms with Crippen molar-refractivity contribution in [1.82, 2.24) is 0 Å². The lowest BCUT2D eigenvalue weighted by atomic mass is 10.5. The van der Waals surface area contributed by atoms with Gasteiger partial charge in [0.05, 0.1) is 6.61 Å². The van der Waals surface area contributed by atoms with E-state index >= 15 is 0 Å². The molecule has 0 radical (unpaired) electrons. The fraction of sp³-hybridized carbons (Fsp3) is 0.667. The third-order valence-corrected chi connectivity index (χ3v) is 0.732. The summed E-state index contributed by atoms with van der Waals surface area (Å²) in [5.41, 5.74) is 0. The van der Waals surface area contributed by atoms with E-state index in [0.717, 1.165) is 0 Å². The molecule has 0 saturated carbocycles. The summed E-state index contributed by atoms with van der Waals surface area (Å²) in [5, 5.41) is 0. The number of rotatable bonds is 4. The molecular formula is C6H9F3O. The van der Waals surface area contributed by atoms with Gasteiger partial charge in [-0.1, -0.05) is 6.08 Å².